The molecule has 1 rings (SSSR count). The summed E-state index contributed by atoms with van der Waals surface area (Å²) in [5, 5.41) is 8.39. The fourth-order valence-corrected chi connectivity index (χ4v) is 1.44. The molecule has 0 aliphatic carbocycles. The molecule has 0 atom stereocenters. The zero-order valence-corrected chi connectivity index (χ0v) is 9.45. The van der Waals surface area contributed by atoms with Gasteiger partial charge in [-0.05, 0) is 30.7 Å². The fraction of sp³-hybridized carbons (Fsp3) is 0.417. The fourth-order valence-electron chi connectivity index (χ4n) is 1.44. The first-order valence-electron chi connectivity index (χ1n) is 5.20. The number of hydrogen-bond acceptors (Lipinski definition) is 2. The quantitative estimate of drug-likeness (QED) is 0.836. The number of ether oxygens (including phenoxy) is 1. The Bertz CT molecular complexity index is 374. The van der Waals surface area contributed by atoms with Gasteiger partial charge in [-0.3, -0.25) is 4.79 Å². The van der Waals surface area contributed by atoms with Crippen LogP contribution < -0.4 is 4.74 Å². The number of halogens is 2. The third-order valence-corrected chi connectivity index (χ3v) is 2.39. The van der Waals surface area contributed by atoms with Gasteiger partial charge in [-0.15, -0.1) is 0 Å². The molecular formula is C12H14F2O3. The molecule has 0 saturated heterocycles. The van der Waals surface area contributed by atoms with Crippen LogP contribution in [0.15, 0.2) is 24.3 Å². The van der Waals surface area contributed by atoms with Crippen molar-refractivity contribution in [3.05, 3.63) is 29.8 Å². The zero-order valence-electron chi connectivity index (χ0n) is 9.45. The van der Waals surface area contributed by atoms with Crippen molar-refractivity contribution in [1.29, 1.82) is 0 Å². The molecule has 0 bridgehead atoms. The lowest BCUT2D eigenvalue weighted by Gasteiger charge is -2.16. The van der Waals surface area contributed by atoms with Gasteiger partial charge >= 0.3 is 5.97 Å². The molecule has 3 nitrogen and oxygen atoms in total. The molecule has 1 aromatic carbocycles. The highest BCUT2D eigenvalue weighted by atomic mass is 19.3. The maximum Gasteiger partial charge on any atom is 0.303 e. The van der Waals surface area contributed by atoms with E-state index in [1.807, 2.05) is 0 Å². The summed E-state index contributed by atoms with van der Waals surface area (Å²) in [5.41, 5.74) is -0.122. The Morgan fingerprint density at radius 3 is 2.41 bits per heavy atom. The predicted octanol–water partition coefficient (Wildman–Crippen LogP) is 3.04. The predicted molar refractivity (Wildman–Crippen MR) is 58.4 cm³/mol. The van der Waals surface area contributed by atoms with Gasteiger partial charge in [0.1, 0.15) is 5.75 Å². The van der Waals surface area contributed by atoms with Gasteiger partial charge in [0.05, 0.1) is 7.11 Å². The van der Waals surface area contributed by atoms with Crippen LogP contribution in [0, 0.1) is 0 Å². The van der Waals surface area contributed by atoms with E-state index in [1.54, 1.807) is 0 Å². The second-order valence-corrected chi connectivity index (χ2v) is 3.68. The number of benzene rings is 1. The molecule has 0 aliphatic heterocycles. The molecule has 1 aromatic rings. The molecule has 94 valence electrons. The lowest BCUT2D eigenvalue weighted by Crippen LogP contribution is -2.13. The van der Waals surface area contributed by atoms with E-state index in [0.717, 1.165) is 0 Å². The average Bonchev–Trinajstić information content (AvgIpc) is 2.28. The van der Waals surface area contributed by atoms with Crippen molar-refractivity contribution in [1.82, 2.24) is 0 Å². The lowest BCUT2D eigenvalue weighted by atomic mass is 10.0. The van der Waals surface area contributed by atoms with Crippen LogP contribution in [0.5, 0.6) is 5.75 Å². The van der Waals surface area contributed by atoms with E-state index in [1.165, 1.54) is 31.4 Å². The van der Waals surface area contributed by atoms with E-state index in [2.05, 4.69) is 0 Å². The minimum Gasteiger partial charge on any atom is -0.497 e. The molecule has 0 spiro atoms. The zero-order chi connectivity index (χ0) is 12.9. The van der Waals surface area contributed by atoms with Crippen LogP contribution in [-0.4, -0.2) is 18.2 Å². The Balaban J connectivity index is 2.64. The van der Waals surface area contributed by atoms with Crippen LogP contribution >= 0.6 is 0 Å². The first-order chi connectivity index (χ1) is 7.95. The molecule has 0 heterocycles. The van der Waals surface area contributed by atoms with Crippen molar-refractivity contribution < 1.29 is 23.4 Å². The van der Waals surface area contributed by atoms with E-state index in [-0.39, 0.29) is 18.4 Å². The number of aliphatic carboxylic acids is 1. The SMILES string of the molecule is COc1ccc(C(F)(F)CCCC(=O)O)cc1. The summed E-state index contributed by atoms with van der Waals surface area (Å²) < 4.78 is 32.1. The van der Waals surface area contributed by atoms with Gasteiger partial charge < -0.3 is 9.84 Å². The maximum absolute atomic E-state index is 13.6. The summed E-state index contributed by atoms with van der Waals surface area (Å²) in [6, 6.07) is 5.50. The third kappa shape index (κ3) is 4.01. The van der Waals surface area contributed by atoms with E-state index in [9.17, 15) is 13.6 Å². The number of hydrogen-bond donors (Lipinski definition) is 1. The monoisotopic (exact) mass is 244 g/mol. The minimum atomic E-state index is -3.00. The Morgan fingerprint density at radius 2 is 1.94 bits per heavy atom. The van der Waals surface area contributed by atoms with Crippen LogP contribution in [0.4, 0.5) is 8.78 Å². The summed E-state index contributed by atoms with van der Waals surface area (Å²) in [4.78, 5) is 10.2. The van der Waals surface area contributed by atoms with Crippen LogP contribution in [0.1, 0.15) is 24.8 Å². The van der Waals surface area contributed by atoms with Crippen molar-refractivity contribution in [2.75, 3.05) is 7.11 Å². The largest absolute Gasteiger partial charge is 0.497 e. The third-order valence-electron chi connectivity index (χ3n) is 2.39. The second-order valence-electron chi connectivity index (χ2n) is 3.68. The van der Waals surface area contributed by atoms with Gasteiger partial charge in [0.15, 0.2) is 0 Å². The van der Waals surface area contributed by atoms with Crippen molar-refractivity contribution in [2.45, 2.75) is 25.2 Å². The average molecular weight is 244 g/mol. The topological polar surface area (TPSA) is 46.5 Å². The van der Waals surface area contributed by atoms with E-state index >= 15 is 0 Å². The summed E-state index contributed by atoms with van der Waals surface area (Å²) in [6.07, 6.45) is -0.758. The van der Waals surface area contributed by atoms with Gasteiger partial charge in [0, 0.05) is 18.4 Å². The number of carboxylic acid groups (broad SMARTS) is 1. The summed E-state index contributed by atoms with van der Waals surface area (Å²) in [6.45, 7) is 0. The van der Waals surface area contributed by atoms with Crippen LogP contribution in [0.3, 0.4) is 0 Å². The molecule has 0 amide bonds. The maximum atomic E-state index is 13.6. The molecule has 5 heteroatoms. The highest BCUT2D eigenvalue weighted by Gasteiger charge is 2.30. The van der Waals surface area contributed by atoms with E-state index in [0.29, 0.717) is 5.75 Å². The number of carboxylic acids is 1. The van der Waals surface area contributed by atoms with Gasteiger partial charge in [0.25, 0.3) is 5.92 Å². The molecule has 0 fully saturated rings. The highest BCUT2D eigenvalue weighted by molar-refractivity contribution is 5.66. The Hall–Kier alpha value is -1.65. The van der Waals surface area contributed by atoms with Crippen molar-refractivity contribution in [2.24, 2.45) is 0 Å². The molecule has 1 N–H and O–H groups in total. The Kier molecular flexibility index (Phi) is 4.43. The molecule has 0 unspecified atom stereocenters. The van der Waals surface area contributed by atoms with E-state index < -0.39 is 18.3 Å². The van der Waals surface area contributed by atoms with Gasteiger partial charge in [-0.25, -0.2) is 8.78 Å². The molecule has 0 radical (unpaired) electrons. The van der Waals surface area contributed by atoms with Crippen LogP contribution in [-0.2, 0) is 10.7 Å². The van der Waals surface area contributed by atoms with Gasteiger partial charge in [-0.2, -0.15) is 0 Å². The van der Waals surface area contributed by atoms with Crippen LogP contribution in [0.2, 0.25) is 0 Å². The first-order valence-corrected chi connectivity index (χ1v) is 5.20. The minimum absolute atomic E-state index is 0.0473. The second kappa shape index (κ2) is 5.61. The number of methoxy groups -OCH3 is 1. The highest BCUT2D eigenvalue weighted by Crippen LogP contribution is 2.34. The number of rotatable bonds is 6. The molecular weight excluding hydrogens is 230 g/mol. The summed E-state index contributed by atoms with van der Waals surface area (Å²) >= 11 is 0. The van der Waals surface area contributed by atoms with E-state index in [4.69, 9.17) is 9.84 Å². The summed E-state index contributed by atoms with van der Waals surface area (Å²) in [7, 11) is 1.46. The lowest BCUT2D eigenvalue weighted by molar-refractivity contribution is -0.137. The summed E-state index contributed by atoms with van der Waals surface area (Å²) in [5.74, 6) is -3.55. The standard InChI is InChI=1S/C12H14F2O3/c1-17-10-6-4-9(5-7-10)12(13,14)8-2-3-11(15)16/h4-7H,2-3,8H2,1H3,(H,15,16). The van der Waals surface area contributed by atoms with Crippen LogP contribution in [0.25, 0.3) is 0 Å². The first kappa shape index (κ1) is 13.4. The van der Waals surface area contributed by atoms with Crippen molar-refractivity contribution in [3.8, 4) is 5.75 Å². The molecule has 0 saturated carbocycles. The van der Waals surface area contributed by atoms with Crippen molar-refractivity contribution in [3.63, 3.8) is 0 Å². The Labute approximate surface area is 98.0 Å². The van der Waals surface area contributed by atoms with Gasteiger partial charge in [-0.1, -0.05) is 0 Å². The number of carbonyl (C=O) groups is 1. The van der Waals surface area contributed by atoms with Crippen molar-refractivity contribution >= 4 is 5.97 Å². The smallest absolute Gasteiger partial charge is 0.303 e. The molecule has 0 aromatic heterocycles. The normalized spacial score (nSPS) is 11.2. The molecule has 17 heavy (non-hydrogen) atoms. The number of alkyl halides is 2. The molecule has 0 aliphatic rings. The van der Waals surface area contributed by atoms with Gasteiger partial charge in [0.2, 0.25) is 0 Å². The Morgan fingerprint density at radius 1 is 1.35 bits per heavy atom.